The predicted molar refractivity (Wildman–Crippen MR) is 175 cm³/mol. The number of nitrogens with one attached hydrogen (secondary N) is 2. The number of hydrogen-bond acceptors (Lipinski definition) is 8. The minimum absolute atomic E-state index is 0.00793. The quantitative estimate of drug-likeness (QED) is 0.263. The first-order valence-corrected chi connectivity index (χ1v) is 17.1. The number of rotatable bonds is 12. The minimum Gasteiger partial charge on any atom is -0.487 e. The Labute approximate surface area is 278 Å². The molecule has 46 heavy (non-hydrogen) atoms. The van der Waals surface area contributed by atoms with Gasteiger partial charge in [0.15, 0.2) is 6.10 Å². The molecule has 1 saturated heterocycles. The summed E-state index contributed by atoms with van der Waals surface area (Å²) in [5, 5.41) is 26.4. The number of nitrogens with zero attached hydrogens (tertiary/aromatic N) is 4. The standard InChI is InChI=1S/C34H43BrN6O5/c1-2-7-25-20-41(39-38-25)22-32(43)40-14-15-45-31(21-40)33(44)37-27(16-23-8-4-3-5-9-23)29(42)19-36-28-18-34(12-6-13-34)46-30-11-10-24(35)17-26(28)30/h3-5,8-11,17,20,27-29,31,36,42H,2,6-7,12-16,18-19,21-22H2,1H3,(H,37,44)/t27-,28-,29+,31-/m0/s1. The second kappa shape index (κ2) is 14.6. The number of aryl methyl sites for hydroxylation is 1. The summed E-state index contributed by atoms with van der Waals surface area (Å²) in [6.07, 6.45) is 6.28. The summed E-state index contributed by atoms with van der Waals surface area (Å²) in [7, 11) is 0. The molecule has 2 aromatic carbocycles. The van der Waals surface area contributed by atoms with Crippen molar-refractivity contribution in [2.45, 2.75) is 88.3 Å². The lowest BCUT2D eigenvalue weighted by atomic mass is 9.73. The van der Waals surface area contributed by atoms with Crippen molar-refractivity contribution in [1.82, 2.24) is 30.5 Å². The fourth-order valence-electron chi connectivity index (χ4n) is 6.59. The van der Waals surface area contributed by atoms with Crippen LogP contribution >= 0.6 is 15.9 Å². The van der Waals surface area contributed by atoms with E-state index >= 15 is 0 Å². The van der Waals surface area contributed by atoms with E-state index in [-0.39, 0.29) is 49.7 Å². The topological polar surface area (TPSA) is 131 Å². The number of morpholine rings is 1. The van der Waals surface area contributed by atoms with Crippen molar-refractivity contribution in [1.29, 1.82) is 0 Å². The zero-order chi connectivity index (χ0) is 32.1. The van der Waals surface area contributed by atoms with Gasteiger partial charge in [0.2, 0.25) is 5.91 Å². The summed E-state index contributed by atoms with van der Waals surface area (Å²) in [4.78, 5) is 28.3. The SMILES string of the molecule is CCCc1cn(CC(=O)N2CCO[C@H](C(=O)N[C@@H](Cc3ccccc3)[C@H](O)CN[C@H]3CC4(CCC4)Oc4ccc(Br)cc43)C2)nn1. The number of amides is 2. The lowest BCUT2D eigenvalue weighted by molar-refractivity contribution is -0.148. The molecule has 1 spiro atoms. The zero-order valence-corrected chi connectivity index (χ0v) is 27.8. The molecule has 1 aromatic heterocycles. The molecular weight excluding hydrogens is 652 g/mol. The summed E-state index contributed by atoms with van der Waals surface area (Å²) in [5.74, 6) is 0.387. The molecule has 0 radical (unpaired) electrons. The zero-order valence-electron chi connectivity index (χ0n) is 26.2. The Bertz CT molecular complexity index is 1500. The monoisotopic (exact) mass is 694 g/mol. The van der Waals surface area contributed by atoms with E-state index < -0.39 is 18.2 Å². The van der Waals surface area contributed by atoms with Gasteiger partial charge in [-0.2, -0.15) is 0 Å². The number of aromatic nitrogens is 3. The number of hydrogen-bond donors (Lipinski definition) is 3. The maximum absolute atomic E-state index is 13.6. The molecule has 246 valence electrons. The van der Waals surface area contributed by atoms with Crippen LogP contribution in [0.3, 0.4) is 0 Å². The number of halogens is 1. The second-order valence-corrected chi connectivity index (χ2v) is 13.6. The highest BCUT2D eigenvalue weighted by atomic mass is 79.9. The Morgan fingerprint density at radius 2 is 2.02 bits per heavy atom. The average molecular weight is 696 g/mol. The van der Waals surface area contributed by atoms with Crippen molar-refractivity contribution in [2.24, 2.45) is 0 Å². The third-order valence-corrected chi connectivity index (χ3v) is 9.77. The van der Waals surface area contributed by atoms with Crippen LogP contribution in [0.1, 0.15) is 61.9 Å². The van der Waals surface area contributed by atoms with Crippen LogP contribution in [0.5, 0.6) is 5.75 Å². The number of fused-ring (bicyclic) bond motifs is 1. The minimum atomic E-state index is -0.883. The van der Waals surface area contributed by atoms with Crippen molar-refractivity contribution in [3.8, 4) is 5.75 Å². The van der Waals surface area contributed by atoms with Crippen LogP contribution in [0.25, 0.3) is 0 Å². The van der Waals surface area contributed by atoms with E-state index in [1.54, 1.807) is 15.8 Å². The highest BCUT2D eigenvalue weighted by molar-refractivity contribution is 9.10. The van der Waals surface area contributed by atoms with E-state index in [1.807, 2.05) is 42.5 Å². The highest BCUT2D eigenvalue weighted by Gasteiger charge is 2.45. The van der Waals surface area contributed by atoms with Gasteiger partial charge in [-0.3, -0.25) is 9.59 Å². The first-order chi connectivity index (χ1) is 22.3. The first-order valence-electron chi connectivity index (χ1n) is 16.3. The number of aliphatic hydroxyl groups is 1. The van der Waals surface area contributed by atoms with Gasteiger partial charge >= 0.3 is 0 Å². The number of carbonyl (C=O) groups excluding carboxylic acids is 2. The summed E-state index contributed by atoms with van der Waals surface area (Å²) in [6.45, 7) is 3.16. The summed E-state index contributed by atoms with van der Waals surface area (Å²) >= 11 is 3.60. The van der Waals surface area contributed by atoms with Crippen LogP contribution in [0.2, 0.25) is 0 Å². The molecule has 0 bridgehead atoms. The van der Waals surface area contributed by atoms with Gasteiger partial charge in [-0.15, -0.1) is 5.10 Å². The van der Waals surface area contributed by atoms with Gasteiger partial charge in [0.1, 0.15) is 17.9 Å². The average Bonchev–Trinajstić information content (AvgIpc) is 3.49. The number of benzene rings is 2. The molecule has 2 aliphatic heterocycles. The summed E-state index contributed by atoms with van der Waals surface area (Å²) < 4.78 is 14.8. The number of carbonyl (C=O) groups is 2. The van der Waals surface area contributed by atoms with Crippen LogP contribution in [-0.4, -0.2) is 86.9 Å². The Balaban J connectivity index is 1.10. The summed E-state index contributed by atoms with van der Waals surface area (Å²) in [5.41, 5.74) is 2.75. The Hall–Kier alpha value is -3.32. The van der Waals surface area contributed by atoms with Gasteiger partial charge in [-0.05, 0) is 55.9 Å². The van der Waals surface area contributed by atoms with Crippen LogP contribution in [0.15, 0.2) is 59.2 Å². The van der Waals surface area contributed by atoms with Gasteiger partial charge in [0, 0.05) is 41.8 Å². The predicted octanol–water partition coefficient (Wildman–Crippen LogP) is 3.35. The van der Waals surface area contributed by atoms with Crippen molar-refractivity contribution in [3.63, 3.8) is 0 Å². The normalized spacial score (nSPS) is 21.5. The van der Waals surface area contributed by atoms with Gasteiger partial charge < -0.3 is 30.1 Å². The van der Waals surface area contributed by atoms with Crippen LogP contribution in [0.4, 0.5) is 0 Å². The largest absolute Gasteiger partial charge is 0.487 e. The maximum Gasteiger partial charge on any atom is 0.251 e. The number of ether oxygens (including phenoxy) is 2. The van der Waals surface area contributed by atoms with Crippen LogP contribution in [-0.2, 0) is 33.7 Å². The van der Waals surface area contributed by atoms with Crippen LogP contribution < -0.4 is 15.4 Å². The molecule has 1 aliphatic carbocycles. The fraction of sp³-hybridized carbons (Fsp3) is 0.529. The lowest BCUT2D eigenvalue weighted by Gasteiger charge is -2.48. The van der Waals surface area contributed by atoms with E-state index in [2.05, 4.69) is 49.9 Å². The molecule has 2 amide bonds. The second-order valence-electron chi connectivity index (χ2n) is 12.7. The molecule has 3 N–H and O–H groups in total. The van der Waals surface area contributed by atoms with E-state index in [0.29, 0.717) is 13.0 Å². The van der Waals surface area contributed by atoms with Crippen LogP contribution in [0, 0.1) is 0 Å². The molecule has 11 nitrogen and oxygen atoms in total. The third kappa shape index (κ3) is 7.79. The van der Waals surface area contributed by atoms with Crippen molar-refractivity contribution < 1.29 is 24.2 Å². The smallest absolute Gasteiger partial charge is 0.251 e. The van der Waals surface area contributed by atoms with Crippen molar-refractivity contribution in [2.75, 3.05) is 26.2 Å². The van der Waals surface area contributed by atoms with E-state index in [0.717, 1.165) is 65.6 Å². The highest BCUT2D eigenvalue weighted by Crippen LogP contribution is 2.49. The molecule has 0 unspecified atom stereocenters. The van der Waals surface area contributed by atoms with Crippen molar-refractivity contribution in [3.05, 3.63) is 76.0 Å². The van der Waals surface area contributed by atoms with E-state index in [9.17, 15) is 14.7 Å². The van der Waals surface area contributed by atoms with Gasteiger partial charge in [0.25, 0.3) is 5.91 Å². The lowest BCUT2D eigenvalue weighted by Crippen LogP contribution is -2.57. The Kier molecular flexibility index (Phi) is 10.4. The molecule has 3 aromatic rings. The molecule has 1 saturated carbocycles. The molecule has 3 aliphatic rings. The summed E-state index contributed by atoms with van der Waals surface area (Å²) in [6, 6.07) is 15.3. The van der Waals surface area contributed by atoms with E-state index in [4.69, 9.17) is 9.47 Å². The first kappa shape index (κ1) is 32.6. The molecule has 4 atom stereocenters. The fourth-order valence-corrected chi connectivity index (χ4v) is 6.97. The Morgan fingerprint density at radius 3 is 2.78 bits per heavy atom. The number of aliphatic hydroxyl groups excluding tert-OH is 1. The molecule has 6 rings (SSSR count). The molecule has 12 heteroatoms. The van der Waals surface area contributed by atoms with Gasteiger partial charge in [0.05, 0.1) is 31.0 Å². The van der Waals surface area contributed by atoms with Crippen molar-refractivity contribution >= 4 is 27.7 Å². The molecule has 2 fully saturated rings. The maximum atomic E-state index is 13.6. The van der Waals surface area contributed by atoms with Gasteiger partial charge in [-0.25, -0.2) is 4.68 Å². The molecule has 3 heterocycles. The van der Waals surface area contributed by atoms with E-state index in [1.165, 1.54) is 0 Å². The molecular formula is C34H43BrN6O5. The van der Waals surface area contributed by atoms with Gasteiger partial charge in [-0.1, -0.05) is 64.8 Å². The third-order valence-electron chi connectivity index (χ3n) is 9.28. The Morgan fingerprint density at radius 1 is 1.20 bits per heavy atom.